The first-order valence-electron chi connectivity index (χ1n) is 8.02. The van der Waals surface area contributed by atoms with E-state index in [0.717, 1.165) is 25.6 Å². The Hall–Kier alpha value is -0.860. The van der Waals surface area contributed by atoms with Crippen LogP contribution in [0.4, 0.5) is 0 Å². The lowest BCUT2D eigenvalue weighted by molar-refractivity contribution is 0.220. The summed E-state index contributed by atoms with van der Waals surface area (Å²) in [5.41, 5.74) is 2.89. The van der Waals surface area contributed by atoms with Gasteiger partial charge in [0.1, 0.15) is 0 Å². The summed E-state index contributed by atoms with van der Waals surface area (Å²) in [4.78, 5) is 2.47. The minimum absolute atomic E-state index is 0.631. The average molecular weight is 276 g/mol. The molecule has 0 saturated heterocycles. The molecule has 20 heavy (non-hydrogen) atoms. The fourth-order valence-corrected chi connectivity index (χ4v) is 2.57. The van der Waals surface area contributed by atoms with Gasteiger partial charge in [0.25, 0.3) is 0 Å². The summed E-state index contributed by atoms with van der Waals surface area (Å²) in [6.45, 7) is 12.3. The topological polar surface area (TPSA) is 15.3 Å². The Morgan fingerprint density at radius 3 is 2.35 bits per heavy atom. The van der Waals surface area contributed by atoms with Crippen LogP contribution in [-0.2, 0) is 13.1 Å². The Morgan fingerprint density at radius 2 is 1.75 bits per heavy atom. The zero-order chi connectivity index (χ0) is 15.0. The molecule has 0 heterocycles. The molecule has 0 radical (unpaired) electrons. The van der Waals surface area contributed by atoms with Crippen molar-refractivity contribution in [2.24, 2.45) is 5.92 Å². The average Bonchev–Trinajstić information content (AvgIpc) is 2.40. The second-order valence-electron chi connectivity index (χ2n) is 6.34. The maximum absolute atomic E-state index is 3.51. The van der Waals surface area contributed by atoms with Gasteiger partial charge in [-0.3, -0.25) is 4.90 Å². The van der Waals surface area contributed by atoms with Crippen molar-refractivity contribution in [3.63, 3.8) is 0 Å². The molecule has 1 atom stereocenters. The van der Waals surface area contributed by atoms with Gasteiger partial charge in [0, 0.05) is 19.1 Å². The number of hydrogen-bond acceptors (Lipinski definition) is 2. The van der Waals surface area contributed by atoms with Gasteiger partial charge in [-0.15, -0.1) is 0 Å². The smallest absolute Gasteiger partial charge is 0.0236 e. The molecule has 1 unspecified atom stereocenters. The molecule has 0 aliphatic rings. The standard InChI is InChI=1S/C18H32N2/c1-6-11-19-13-17-9-7-8-10-18(17)14-20(5)16(4)12-15(2)3/h7-10,15-16,19H,6,11-14H2,1-5H3. The highest BCUT2D eigenvalue weighted by Gasteiger charge is 2.12. The van der Waals surface area contributed by atoms with Gasteiger partial charge < -0.3 is 5.32 Å². The Labute approximate surface area is 125 Å². The molecule has 0 aliphatic carbocycles. The van der Waals surface area contributed by atoms with Crippen LogP contribution in [-0.4, -0.2) is 24.5 Å². The maximum atomic E-state index is 3.51. The number of benzene rings is 1. The van der Waals surface area contributed by atoms with E-state index in [1.54, 1.807) is 0 Å². The summed E-state index contributed by atoms with van der Waals surface area (Å²) in [6.07, 6.45) is 2.44. The summed E-state index contributed by atoms with van der Waals surface area (Å²) >= 11 is 0. The van der Waals surface area contributed by atoms with Gasteiger partial charge in [0.2, 0.25) is 0 Å². The van der Waals surface area contributed by atoms with E-state index in [0.29, 0.717) is 6.04 Å². The summed E-state index contributed by atoms with van der Waals surface area (Å²) in [7, 11) is 2.24. The van der Waals surface area contributed by atoms with Crippen molar-refractivity contribution in [1.29, 1.82) is 0 Å². The SMILES string of the molecule is CCCNCc1ccccc1CN(C)C(C)CC(C)C. The molecular formula is C18H32N2. The van der Waals surface area contributed by atoms with Crippen LogP contribution < -0.4 is 5.32 Å². The van der Waals surface area contributed by atoms with Crippen molar-refractivity contribution in [2.45, 2.75) is 59.7 Å². The van der Waals surface area contributed by atoms with Crippen molar-refractivity contribution in [1.82, 2.24) is 10.2 Å². The van der Waals surface area contributed by atoms with Crippen LogP contribution in [0.15, 0.2) is 24.3 Å². The molecular weight excluding hydrogens is 244 g/mol. The number of nitrogens with one attached hydrogen (secondary N) is 1. The van der Waals surface area contributed by atoms with Crippen molar-refractivity contribution in [3.8, 4) is 0 Å². The minimum Gasteiger partial charge on any atom is -0.313 e. The van der Waals surface area contributed by atoms with Gasteiger partial charge in [0.15, 0.2) is 0 Å². The number of rotatable bonds is 9. The lowest BCUT2D eigenvalue weighted by Gasteiger charge is -2.27. The second-order valence-corrected chi connectivity index (χ2v) is 6.34. The van der Waals surface area contributed by atoms with E-state index >= 15 is 0 Å². The van der Waals surface area contributed by atoms with Crippen molar-refractivity contribution >= 4 is 0 Å². The normalized spacial score (nSPS) is 13.2. The zero-order valence-corrected chi connectivity index (χ0v) is 13.9. The number of hydrogen-bond donors (Lipinski definition) is 1. The summed E-state index contributed by atoms with van der Waals surface area (Å²) in [5, 5.41) is 3.51. The van der Waals surface area contributed by atoms with E-state index < -0.39 is 0 Å². The van der Waals surface area contributed by atoms with Crippen molar-refractivity contribution in [3.05, 3.63) is 35.4 Å². The van der Waals surface area contributed by atoms with E-state index in [1.807, 2.05) is 0 Å². The highest BCUT2D eigenvalue weighted by Crippen LogP contribution is 2.15. The first-order chi connectivity index (χ1) is 9.54. The van der Waals surface area contributed by atoms with Crippen LogP contribution >= 0.6 is 0 Å². The van der Waals surface area contributed by atoms with Gasteiger partial charge in [-0.25, -0.2) is 0 Å². The van der Waals surface area contributed by atoms with Gasteiger partial charge in [-0.1, -0.05) is 45.0 Å². The molecule has 0 spiro atoms. The van der Waals surface area contributed by atoms with Crippen LogP contribution in [0.1, 0.15) is 51.7 Å². The molecule has 0 aromatic heterocycles. The lowest BCUT2D eigenvalue weighted by Crippen LogP contribution is -2.30. The molecule has 2 nitrogen and oxygen atoms in total. The van der Waals surface area contributed by atoms with Crippen LogP contribution in [0.2, 0.25) is 0 Å². The van der Waals surface area contributed by atoms with Crippen LogP contribution in [0.3, 0.4) is 0 Å². The molecule has 0 bridgehead atoms. The molecule has 1 N–H and O–H groups in total. The summed E-state index contributed by atoms with van der Waals surface area (Å²) in [6, 6.07) is 9.44. The molecule has 0 aliphatic heterocycles. The first kappa shape index (κ1) is 17.2. The Balaban J connectivity index is 2.61. The fourth-order valence-electron chi connectivity index (χ4n) is 2.57. The van der Waals surface area contributed by atoms with Crippen LogP contribution in [0.5, 0.6) is 0 Å². The Kier molecular flexibility index (Phi) is 7.86. The largest absolute Gasteiger partial charge is 0.313 e. The third kappa shape index (κ3) is 6.06. The van der Waals surface area contributed by atoms with E-state index in [2.05, 4.69) is 69.2 Å². The predicted molar refractivity (Wildman–Crippen MR) is 88.8 cm³/mol. The molecule has 1 rings (SSSR count). The molecule has 1 aromatic rings. The number of nitrogens with zero attached hydrogens (tertiary/aromatic N) is 1. The van der Waals surface area contributed by atoms with Gasteiger partial charge in [-0.05, 0) is 50.4 Å². The van der Waals surface area contributed by atoms with Crippen LogP contribution in [0, 0.1) is 5.92 Å². The third-order valence-electron chi connectivity index (χ3n) is 3.85. The van der Waals surface area contributed by atoms with Crippen molar-refractivity contribution < 1.29 is 0 Å². The van der Waals surface area contributed by atoms with E-state index in [-0.39, 0.29) is 0 Å². The van der Waals surface area contributed by atoms with Gasteiger partial charge in [0.05, 0.1) is 0 Å². The lowest BCUT2D eigenvalue weighted by atomic mass is 10.0. The van der Waals surface area contributed by atoms with Gasteiger partial charge in [-0.2, -0.15) is 0 Å². The highest BCUT2D eigenvalue weighted by molar-refractivity contribution is 5.27. The molecule has 1 aromatic carbocycles. The molecule has 114 valence electrons. The summed E-state index contributed by atoms with van der Waals surface area (Å²) in [5.74, 6) is 0.758. The Bertz CT molecular complexity index is 373. The predicted octanol–water partition coefficient (Wildman–Crippen LogP) is 4.05. The molecule has 0 saturated carbocycles. The zero-order valence-electron chi connectivity index (χ0n) is 13.9. The molecule has 2 heteroatoms. The molecule has 0 fully saturated rings. The monoisotopic (exact) mass is 276 g/mol. The molecule has 0 amide bonds. The third-order valence-corrected chi connectivity index (χ3v) is 3.85. The van der Waals surface area contributed by atoms with E-state index in [1.165, 1.54) is 24.0 Å². The highest BCUT2D eigenvalue weighted by atomic mass is 15.1. The fraction of sp³-hybridized carbons (Fsp3) is 0.667. The minimum atomic E-state index is 0.631. The van der Waals surface area contributed by atoms with E-state index in [9.17, 15) is 0 Å². The second kappa shape index (κ2) is 9.15. The first-order valence-corrected chi connectivity index (χ1v) is 8.02. The van der Waals surface area contributed by atoms with E-state index in [4.69, 9.17) is 0 Å². The summed E-state index contributed by atoms with van der Waals surface area (Å²) < 4.78 is 0. The Morgan fingerprint density at radius 1 is 1.10 bits per heavy atom. The van der Waals surface area contributed by atoms with Gasteiger partial charge >= 0.3 is 0 Å². The van der Waals surface area contributed by atoms with Crippen LogP contribution in [0.25, 0.3) is 0 Å². The quantitative estimate of drug-likeness (QED) is 0.684. The van der Waals surface area contributed by atoms with Crippen molar-refractivity contribution in [2.75, 3.05) is 13.6 Å². The maximum Gasteiger partial charge on any atom is 0.0236 e.